The molecule has 1 spiro atoms. The number of imidazole rings is 1. The SMILES string of the molecule is COc1cc(C(=O)N2[C@H]3CC[C@@H]2[C@H](N)C3)cc2nc(-c3cc4ccc5nc4n3CC3(CCCCCC(=O)N[C@@H]5C)CC3)n(C)c12. The summed E-state index contributed by atoms with van der Waals surface area (Å²) in [7, 11) is 3.67. The number of amides is 2. The largest absolute Gasteiger partial charge is 0.494 e. The monoisotopic (exact) mass is 609 g/mol. The fourth-order valence-electron chi connectivity index (χ4n) is 8.40. The minimum atomic E-state index is -0.178. The normalized spacial score (nSPS) is 26.1. The Morgan fingerprint density at radius 3 is 2.67 bits per heavy atom. The van der Waals surface area contributed by atoms with Crippen molar-refractivity contribution >= 4 is 33.9 Å². The quantitative estimate of drug-likeness (QED) is 0.329. The number of pyridine rings is 1. The molecular formula is C35H43N7O3. The predicted octanol–water partition coefficient (Wildman–Crippen LogP) is 5.22. The number of aryl methyl sites for hydroxylation is 1. The highest BCUT2D eigenvalue weighted by Gasteiger charge is 2.47. The van der Waals surface area contributed by atoms with Crippen LogP contribution in [-0.4, -0.2) is 61.1 Å². The van der Waals surface area contributed by atoms with Gasteiger partial charge in [-0.3, -0.25) is 9.59 Å². The van der Waals surface area contributed by atoms with Gasteiger partial charge < -0.3 is 29.8 Å². The zero-order valence-electron chi connectivity index (χ0n) is 26.5. The van der Waals surface area contributed by atoms with Crippen molar-refractivity contribution in [2.45, 2.75) is 102 Å². The van der Waals surface area contributed by atoms with Crippen molar-refractivity contribution in [1.82, 2.24) is 29.3 Å². The molecule has 4 aliphatic rings. The molecule has 10 nitrogen and oxygen atoms in total. The lowest BCUT2D eigenvalue weighted by Gasteiger charge is -2.23. The van der Waals surface area contributed by atoms with Crippen LogP contribution in [0.25, 0.3) is 33.6 Å². The van der Waals surface area contributed by atoms with Crippen LogP contribution in [0, 0.1) is 5.41 Å². The molecule has 4 atom stereocenters. The molecule has 10 heteroatoms. The summed E-state index contributed by atoms with van der Waals surface area (Å²) in [5, 5.41) is 4.20. The first-order valence-corrected chi connectivity index (χ1v) is 16.7. The van der Waals surface area contributed by atoms with E-state index in [2.05, 4.69) is 26.6 Å². The molecule has 2 saturated heterocycles. The number of benzene rings is 1. The number of hydrogen-bond acceptors (Lipinski definition) is 6. The van der Waals surface area contributed by atoms with Crippen molar-refractivity contribution in [3.05, 3.63) is 41.6 Å². The molecule has 4 bridgehead atoms. The van der Waals surface area contributed by atoms with E-state index in [1.165, 1.54) is 12.8 Å². The molecule has 45 heavy (non-hydrogen) atoms. The van der Waals surface area contributed by atoms with Crippen LogP contribution < -0.4 is 15.8 Å². The molecule has 1 aliphatic carbocycles. The molecule has 0 unspecified atom stereocenters. The number of fused-ring (bicyclic) bond motifs is 4. The molecule has 2 amide bonds. The van der Waals surface area contributed by atoms with E-state index >= 15 is 0 Å². The number of nitrogens with two attached hydrogens (primary N) is 1. The van der Waals surface area contributed by atoms with E-state index in [9.17, 15) is 9.59 Å². The third kappa shape index (κ3) is 4.71. The highest BCUT2D eigenvalue weighted by Crippen LogP contribution is 2.52. The smallest absolute Gasteiger partial charge is 0.254 e. The van der Waals surface area contributed by atoms with Crippen LogP contribution in [0.1, 0.15) is 93.2 Å². The number of nitrogens with zero attached hydrogens (tertiary/aromatic N) is 5. The second-order valence-electron chi connectivity index (χ2n) is 14.1. The Balaban J connectivity index is 1.25. The Morgan fingerprint density at radius 1 is 1.09 bits per heavy atom. The molecular weight excluding hydrogens is 566 g/mol. The van der Waals surface area contributed by atoms with Gasteiger partial charge in [0.25, 0.3) is 5.91 Å². The van der Waals surface area contributed by atoms with Crippen LogP contribution in [0.2, 0.25) is 0 Å². The van der Waals surface area contributed by atoms with Crippen molar-refractivity contribution < 1.29 is 14.3 Å². The first-order valence-electron chi connectivity index (χ1n) is 16.7. The standard InChI is InChI=1S/C35H43N7O3/c1-20-25-10-8-21-16-28(41(32(21)38-25)19-35(13-14-35)12-6-4-5-7-30(43)37-20)33-39-26-15-22(17-29(45-3)31(26)40(33)2)34(44)42-23-9-11-27(42)24(36)18-23/h8,10,15-17,20,23-24,27H,4-7,9,11-14,18-19,36H2,1-3H3,(H,37,43)/t20-,23+,24-,27-/m1/s1. The van der Waals surface area contributed by atoms with Gasteiger partial charge in [-0.05, 0) is 87.6 Å². The Bertz CT molecular complexity index is 1840. The number of carbonyl (C=O) groups is 2. The van der Waals surface area contributed by atoms with E-state index < -0.39 is 0 Å². The highest BCUT2D eigenvalue weighted by atomic mass is 16.5. The van der Waals surface area contributed by atoms with Crippen molar-refractivity contribution in [1.29, 1.82) is 0 Å². The fourth-order valence-corrected chi connectivity index (χ4v) is 8.40. The van der Waals surface area contributed by atoms with Crippen molar-refractivity contribution in [3.63, 3.8) is 0 Å². The number of nitrogens with one attached hydrogen (secondary N) is 1. The van der Waals surface area contributed by atoms with Crippen LogP contribution in [0.15, 0.2) is 30.3 Å². The third-order valence-corrected chi connectivity index (χ3v) is 11.1. The maximum absolute atomic E-state index is 13.8. The van der Waals surface area contributed by atoms with Crippen LogP contribution in [0.3, 0.4) is 0 Å². The molecule has 236 valence electrons. The summed E-state index contributed by atoms with van der Waals surface area (Å²) in [4.78, 5) is 38.8. The van der Waals surface area contributed by atoms with Crippen LogP contribution in [-0.2, 0) is 18.4 Å². The summed E-state index contributed by atoms with van der Waals surface area (Å²) in [6.07, 6.45) is 10.1. The first-order chi connectivity index (χ1) is 21.7. The van der Waals surface area contributed by atoms with Gasteiger partial charge in [-0.2, -0.15) is 0 Å². The van der Waals surface area contributed by atoms with Gasteiger partial charge in [-0.25, -0.2) is 9.97 Å². The molecule has 3 fully saturated rings. The number of methoxy groups -OCH3 is 1. The number of rotatable bonds is 3. The highest BCUT2D eigenvalue weighted by molar-refractivity contribution is 6.00. The minimum Gasteiger partial charge on any atom is -0.494 e. The zero-order valence-corrected chi connectivity index (χ0v) is 26.5. The van der Waals surface area contributed by atoms with Gasteiger partial charge in [0.1, 0.15) is 16.9 Å². The number of carbonyl (C=O) groups excluding carboxylic acids is 2. The maximum atomic E-state index is 13.8. The number of aromatic nitrogens is 4. The Kier molecular flexibility index (Phi) is 6.71. The van der Waals surface area contributed by atoms with E-state index in [-0.39, 0.29) is 41.4 Å². The lowest BCUT2D eigenvalue weighted by atomic mass is 9.97. The number of ether oxygens (including phenoxy) is 1. The second kappa shape index (κ2) is 10.6. The summed E-state index contributed by atoms with van der Waals surface area (Å²) < 4.78 is 10.3. The lowest BCUT2D eigenvalue weighted by molar-refractivity contribution is -0.121. The van der Waals surface area contributed by atoms with E-state index in [0.29, 0.717) is 17.7 Å². The predicted molar refractivity (Wildman–Crippen MR) is 173 cm³/mol. The van der Waals surface area contributed by atoms with Gasteiger partial charge in [-0.1, -0.05) is 12.8 Å². The molecule has 0 radical (unpaired) electrons. The van der Waals surface area contributed by atoms with Crippen molar-refractivity contribution in [2.75, 3.05) is 7.11 Å². The van der Waals surface area contributed by atoms with Crippen molar-refractivity contribution in [2.24, 2.45) is 18.2 Å². The maximum Gasteiger partial charge on any atom is 0.254 e. The van der Waals surface area contributed by atoms with Gasteiger partial charge in [0.15, 0.2) is 5.82 Å². The van der Waals surface area contributed by atoms with Crippen LogP contribution in [0.5, 0.6) is 5.75 Å². The first kappa shape index (κ1) is 28.5. The number of hydrogen-bond donors (Lipinski definition) is 2. The summed E-state index contributed by atoms with van der Waals surface area (Å²) in [6.45, 7) is 2.89. The zero-order chi connectivity index (χ0) is 31.0. The summed E-state index contributed by atoms with van der Waals surface area (Å²) in [6, 6.07) is 10.3. The average molecular weight is 610 g/mol. The molecule has 3 aliphatic heterocycles. The molecule has 4 aromatic rings. The molecule has 8 rings (SSSR count). The molecule has 3 N–H and O–H groups in total. The van der Waals surface area contributed by atoms with Gasteiger partial charge in [0, 0.05) is 49.1 Å². The summed E-state index contributed by atoms with van der Waals surface area (Å²) in [5.74, 6) is 1.55. The van der Waals surface area contributed by atoms with Crippen LogP contribution >= 0.6 is 0 Å². The Morgan fingerprint density at radius 2 is 1.93 bits per heavy atom. The Labute approximate surface area is 263 Å². The van der Waals surface area contributed by atoms with E-state index in [0.717, 1.165) is 90.8 Å². The molecule has 3 aromatic heterocycles. The fraction of sp³-hybridized carbons (Fsp3) is 0.543. The van der Waals surface area contributed by atoms with Gasteiger partial charge >= 0.3 is 0 Å². The lowest BCUT2D eigenvalue weighted by Crippen LogP contribution is -2.40. The van der Waals surface area contributed by atoms with Gasteiger partial charge in [0.05, 0.1) is 30.1 Å². The molecule has 1 aromatic carbocycles. The summed E-state index contributed by atoms with van der Waals surface area (Å²) >= 11 is 0. The van der Waals surface area contributed by atoms with Crippen molar-refractivity contribution in [3.8, 4) is 17.3 Å². The van der Waals surface area contributed by atoms with Crippen LogP contribution in [0.4, 0.5) is 0 Å². The van der Waals surface area contributed by atoms with Gasteiger partial charge in [0.2, 0.25) is 5.91 Å². The molecule has 6 heterocycles. The molecule has 1 saturated carbocycles. The second-order valence-corrected chi connectivity index (χ2v) is 14.1. The summed E-state index contributed by atoms with van der Waals surface area (Å²) in [5.41, 5.74) is 11.6. The van der Waals surface area contributed by atoms with Gasteiger partial charge in [-0.15, -0.1) is 0 Å². The van der Waals surface area contributed by atoms with E-state index in [1.807, 2.05) is 37.1 Å². The Hall–Kier alpha value is -3.92. The minimum absolute atomic E-state index is 0.0127. The van der Waals surface area contributed by atoms with E-state index in [1.54, 1.807) is 7.11 Å². The average Bonchev–Trinajstić information content (AvgIpc) is 3.27. The van der Waals surface area contributed by atoms with E-state index in [4.69, 9.17) is 20.4 Å². The topological polar surface area (TPSA) is 120 Å². The third-order valence-electron chi connectivity index (χ3n) is 11.1.